The molecule has 0 saturated heterocycles. The van der Waals surface area contributed by atoms with Crippen LogP contribution in [0.2, 0.25) is 0 Å². The van der Waals surface area contributed by atoms with E-state index in [0.29, 0.717) is 12.1 Å². The molecule has 7 N–H and O–H groups in total. The predicted molar refractivity (Wildman–Crippen MR) is 226 cm³/mol. The molecule has 40 heteroatoms. The maximum absolute atomic E-state index is 14.5. The van der Waals surface area contributed by atoms with Crippen LogP contribution in [0.1, 0.15) is 0 Å². The van der Waals surface area contributed by atoms with Gasteiger partial charge in [0.15, 0.2) is 0 Å². The number of nitrogen functional groups attached to an aromatic ring is 2. The Morgan fingerprint density at radius 3 is 1.77 bits per heavy atom. The number of benzene rings is 4. The minimum absolute atomic E-state index is 0. The van der Waals surface area contributed by atoms with Crippen molar-refractivity contribution in [3.05, 3.63) is 90.9 Å². The van der Waals surface area contributed by atoms with E-state index in [1.807, 2.05) is 0 Å². The molecule has 6 rings (SSSR count). The minimum Gasteiger partial charge on any atom is 1.00 e. The number of azo groups is 2. The second kappa shape index (κ2) is 30.3. The summed E-state index contributed by atoms with van der Waals surface area (Å²) in [6, 6.07) is 12.2. The Morgan fingerprint density at radius 1 is 0.634 bits per heavy atom. The van der Waals surface area contributed by atoms with E-state index in [1.54, 1.807) is 0 Å². The zero-order valence-electron chi connectivity index (χ0n) is 36.1. The number of nitrogens with one attached hydrogen (secondary N) is 3. The fourth-order valence-corrected chi connectivity index (χ4v) is 7.31. The molecule has 0 aliphatic carbocycles. The third kappa shape index (κ3) is 19.8. The maximum atomic E-state index is 14.5. The van der Waals surface area contributed by atoms with E-state index in [9.17, 15) is 57.3 Å². The van der Waals surface area contributed by atoms with Crippen molar-refractivity contribution in [1.29, 1.82) is 0 Å². The molecule has 0 aliphatic rings. The van der Waals surface area contributed by atoms with Gasteiger partial charge in [-0.3, -0.25) is 5.04 Å². The molecule has 4 aromatic carbocycles. The van der Waals surface area contributed by atoms with Crippen LogP contribution >= 0.6 is 30.7 Å². The van der Waals surface area contributed by atoms with E-state index in [2.05, 4.69) is 89.3 Å². The largest absolute Gasteiger partial charge is 1.00 e. The van der Waals surface area contributed by atoms with Crippen molar-refractivity contribution in [2.24, 2.45) is 20.5 Å². The molecule has 2 aromatic heterocycles. The number of nitrogens with zero attached hydrogens (tertiary/aromatic N) is 9. The van der Waals surface area contributed by atoms with E-state index in [0.717, 1.165) is 30.3 Å². The summed E-state index contributed by atoms with van der Waals surface area (Å²) in [6.45, 7) is 0. The summed E-state index contributed by atoms with van der Waals surface area (Å²) >= 11 is 2.51. The van der Waals surface area contributed by atoms with E-state index in [4.69, 9.17) is 17.2 Å². The van der Waals surface area contributed by atoms with Crippen molar-refractivity contribution in [2.75, 3.05) is 27.4 Å². The van der Waals surface area contributed by atoms with Gasteiger partial charge < -0.3 is 46.3 Å². The fourth-order valence-electron chi connectivity index (χ4n) is 5.05. The molecule has 352 valence electrons. The SMILES string of the molecule is Nc1c(N=Nc2cc(Nc3cc(F)nc(F)n3)ccc2S(=O)(=O)[O-])cc(S(=O)(=O)[O-])c(N)c1N=Nc1cc(Nc2nc(F)nc(Nc3ccccc3S(=O)(=O)[O-])n2)ccc1SOO[O-].[B][I-]I.[Na+].[Na+].[Na+].[Na+]. The standard InChI is InChI=1S/C31H23F3N14O12S4.BI2.4Na/c32-23-12-24(41-28(33)40-23)37-13-6-8-21(63(53,54)55)17(10-13)46-47-18-11-22(64(56,57)58)26(36)27(25(18)35)48-45-16-9-14(5-7-19(16)61-60-59-49)38-30-42-29(34)43-31(44-30)39-15-3-1-2-4-20(15)62(50,51)52;1-3-2;;;;/h1-12,49H,35-36H2,(H,37,40,41)(H,50,51,52)(H,53,54,55)(H,56,57,58)(H2,38,39,42,43,44);;;;;/q;-1;4*+1/p-4. The van der Waals surface area contributed by atoms with E-state index in [-0.39, 0.29) is 175 Å². The number of halogens is 5. The molecule has 0 aliphatic heterocycles. The predicted octanol–water partition coefficient (Wildman–Crippen LogP) is -10.2. The van der Waals surface area contributed by atoms with Gasteiger partial charge in [0.05, 0.1) is 48.7 Å². The Kier molecular flexibility index (Phi) is 28.7. The first-order valence-corrected chi connectivity index (χ1v) is 29.3. The Hall–Kier alpha value is -1.56. The van der Waals surface area contributed by atoms with Crippen LogP contribution in [0.3, 0.4) is 0 Å². The van der Waals surface area contributed by atoms with E-state index < -0.39 is 109 Å². The average Bonchev–Trinajstić information content (AvgIpc) is 3.22. The Morgan fingerprint density at radius 2 is 1.17 bits per heavy atom. The van der Waals surface area contributed by atoms with Crippen LogP contribution in [-0.2, 0) is 39.7 Å². The van der Waals surface area contributed by atoms with Gasteiger partial charge in [0.1, 0.15) is 58.9 Å². The molecule has 26 nitrogen and oxygen atoms in total. The molecule has 2 radical (unpaired) electrons. The zero-order chi connectivity index (χ0) is 49.3. The van der Waals surface area contributed by atoms with Crippen LogP contribution in [-0.4, -0.2) is 69.5 Å². The molecule has 0 fully saturated rings. The van der Waals surface area contributed by atoms with Gasteiger partial charge in [-0.15, -0.1) is 20.5 Å². The minimum atomic E-state index is -5.49. The first kappa shape index (κ1) is 67.5. The molecule has 0 amide bonds. The fraction of sp³-hybridized carbons (Fsp3) is 0. The van der Waals surface area contributed by atoms with Gasteiger partial charge in [0.2, 0.25) is 17.8 Å². The van der Waals surface area contributed by atoms with Crippen molar-refractivity contribution in [3.63, 3.8) is 0 Å². The first-order valence-electron chi connectivity index (χ1n) is 16.8. The van der Waals surface area contributed by atoms with Gasteiger partial charge >= 0.3 is 172 Å². The van der Waals surface area contributed by atoms with Gasteiger partial charge in [-0.25, -0.2) is 25.3 Å². The average molecular weight is 1320 g/mol. The Labute approximate surface area is 513 Å². The quantitative estimate of drug-likeness (QED) is 0.00574. The molecule has 0 spiro atoms. The summed E-state index contributed by atoms with van der Waals surface area (Å²) in [6.07, 6.45) is -2.85. The Bertz CT molecular complexity index is 3250. The third-order valence-electron chi connectivity index (χ3n) is 7.66. The molecular formula is C31H19BF3I2N14Na4O12S4-. The summed E-state index contributed by atoms with van der Waals surface area (Å²) in [5.74, 6) is -2.80. The van der Waals surface area contributed by atoms with Crippen LogP contribution in [0.15, 0.2) is 113 Å². The number of para-hydroxylation sites is 1. The smallest absolute Gasteiger partial charge is 1.00 e. The van der Waals surface area contributed by atoms with Crippen molar-refractivity contribution in [1.82, 2.24) is 24.9 Å². The van der Waals surface area contributed by atoms with Gasteiger partial charge in [-0.1, -0.05) is 12.1 Å². The molecule has 0 unspecified atom stereocenters. The van der Waals surface area contributed by atoms with Crippen molar-refractivity contribution in [3.8, 4) is 0 Å². The van der Waals surface area contributed by atoms with Crippen LogP contribution in [0.4, 0.5) is 82.1 Å². The molecular weight excluding hydrogens is 1300 g/mol. The summed E-state index contributed by atoms with van der Waals surface area (Å²) in [5.41, 5.74) is 12.6. The molecule has 6 aromatic rings. The van der Waals surface area contributed by atoms with Crippen molar-refractivity contribution >= 4 is 136 Å². The van der Waals surface area contributed by atoms with Crippen molar-refractivity contribution in [2.45, 2.75) is 19.6 Å². The summed E-state index contributed by atoms with van der Waals surface area (Å²) in [7, 11) is -15.8. The molecule has 0 bridgehead atoms. The van der Waals surface area contributed by atoms with Crippen LogP contribution in [0.25, 0.3) is 0 Å². The summed E-state index contributed by atoms with van der Waals surface area (Å²) in [5, 5.41) is 36.6. The Balaban J connectivity index is 0.00000351. The van der Waals surface area contributed by atoms with Crippen molar-refractivity contribution < 1.29 is 202 Å². The number of nitrogens with two attached hydrogens (primary N) is 2. The summed E-state index contributed by atoms with van der Waals surface area (Å²) in [4.78, 5) is 14.1. The van der Waals surface area contributed by atoms with E-state index >= 15 is 0 Å². The third-order valence-corrected chi connectivity index (χ3v) is 11.0. The van der Waals surface area contributed by atoms with Gasteiger partial charge in [0, 0.05) is 17.4 Å². The molecule has 0 atom stereocenters. The normalized spacial score (nSPS) is 11.3. The first-order chi connectivity index (χ1) is 31.5. The second-order valence-electron chi connectivity index (χ2n) is 12.0. The number of aromatic nitrogens is 5. The van der Waals surface area contributed by atoms with Gasteiger partial charge in [-0.2, -0.15) is 42.4 Å². The molecule has 71 heavy (non-hydrogen) atoms. The number of hydrogen-bond donors (Lipinski definition) is 5. The monoisotopic (exact) mass is 1320 g/mol. The maximum Gasteiger partial charge on any atom is 1.00 e. The number of hydrogen-bond acceptors (Lipinski definition) is 27. The topological polar surface area (TPSA) is 415 Å². The molecule has 2 heterocycles. The summed E-state index contributed by atoms with van der Waals surface area (Å²) < 4.78 is 154. The number of anilines is 8. The zero-order valence-corrected chi connectivity index (χ0v) is 51.7. The number of rotatable bonds is 16. The van der Waals surface area contributed by atoms with Crippen LogP contribution in [0.5, 0.6) is 0 Å². The van der Waals surface area contributed by atoms with E-state index in [1.165, 1.54) is 30.3 Å². The van der Waals surface area contributed by atoms with Crippen LogP contribution < -0.4 is 168 Å². The van der Waals surface area contributed by atoms with Gasteiger partial charge in [0.25, 0.3) is 0 Å². The molecule has 0 saturated carbocycles. The second-order valence-corrected chi connectivity index (χ2v) is 20.4. The van der Waals surface area contributed by atoms with Gasteiger partial charge in [-0.05, 0) is 54.6 Å². The van der Waals surface area contributed by atoms with Crippen LogP contribution in [0, 0.1) is 18.1 Å².